The molecule has 2 unspecified atom stereocenters. The molecule has 0 aromatic heterocycles. The molecule has 0 amide bonds. The molecule has 3 heteroatoms. The van der Waals surface area contributed by atoms with Crippen LogP contribution in [0.3, 0.4) is 0 Å². The van der Waals surface area contributed by atoms with Crippen LogP contribution >= 0.6 is 11.8 Å². The highest BCUT2D eigenvalue weighted by Gasteiger charge is 2.29. The van der Waals surface area contributed by atoms with Gasteiger partial charge in [0.2, 0.25) is 0 Å². The summed E-state index contributed by atoms with van der Waals surface area (Å²) < 4.78 is 5.19. The smallest absolute Gasteiger partial charge is 0.119 e. The molecule has 2 N–H and O–H groups in total. The molecular weight excluding hydrogens is 194 g/mol. The topological polar surface area (TPSA) is 35.2 Å². The number of methoxy groups -OCH3 is 1. The van der Waals surface area contributed by atoms with Crippen LogP contribution in [0.4, 0.5) is 0 Å². The Kier molecular flexibility index (Phi) is 2.70. The summed E-state index contributed by atoms with van der Waals surface area (Å²) in [5.74, 6) is 0.900. The molecule has 0 bridgehead atoms. The van der Waals surface area contributed by atoms with Crippen LogP contribution in [0.2, 0.25) is 0 Å². The van der Waals surface area contributed by atoms with E-state index in [0.717, 1.165) is 12.2 Å². The van der Waals surface area contributed by atoms with Crippen LogP contribution in [0, 0.1) is 0 Å². The third kappa shape index (κ3) is 1.51. The van der Waals surface area contributed by atoms with Gasteiger partial charge in [0.1, 0.15) is 5.75 Å². The lowest BCUT2D eigenvalue weighted by Crippen LogP contribution is -2.18. The second-order valence-corrected chi connectivity index (χ2v) is 4.78. The predicted molar refractivity (Wildman–Crippen MR) is 59.9 cm³/mol. The molecule has 0 spiro atoms. The minimum absolute atomic E-state index is 0.162. The van der Waals surface area contributed by atoms with Crippen molar-refractivity contribution in [3.63, 3.8) is 0 Å². The van der Waals surface area contributed by atoms with Gasteiger partial charge in [0.25, 0.3) is 0 Å². The van der Waals surface area contributed by atoms with Crippen LogP contribution in [0.1, 0.15) is 24.9 Å². The van der Waals surface area contributed by atoms with Gasteiger partial charge >= 0.3 is 0 Å². The second-order valence-electron chi connectivity index (χ2n) is 3.49. The minimum Gasteiger partial charge on any atom is -0.497 e. The highest BCUT2D eigenvalue weighted by Crippen LogP contribution is 2.45. The number of hydrogen-bond donors (Lipinski definition) is 1. The fourth-order valence-electron chi connectivity index (χ4n) is 1.80. The van der Waals surface area contributed by atoms with Gasteiger partial charge in [-0.05, 0) is 30.2 Å². The Hall–Kier alpha value is -0.670. The molecule has 0 saturated carbocycles. The van der Waals surface area contributed by atoms with Crippen LogP contribution in [0.25, 0.3) is 0 Å². The van der Waals surface area contributed by atoms with Gasteiger partial charge in [0.15, 0.2) is 0 Å². The Morgan fingerprint density at radius 3 is 2.93 bits per heavy atom. The molecule has 0 aliphatic carbocycles. The fourth-order valence-corrected chi connectivity index (χ4v) is 3.06. The van der Waals surface area contributed by atoms with Crippen molar-refractivity contribution >= 4 is 11.8 Å². The average Bonchev–Trinajstić information content (AvgIpc) is 2.55. The SMILES string of the molecule is CCC1Sc2ccc(OC)cc2C1N. The lowest BCUT2D eigenvalue weighted by atomic mass is 10.0. The van der Waals surface area contributed by atoms with E-state index in [0.29, 0.717) is 5.25 Å². The molecule has 1 aliphatic heterocycles. The molecule has 2 nitrogen and oxygen atoms in total. The van der Waals surface area contributed by atoms with Gasteiger partial charge in [-0.2, -0.15) is 0 Å². The van der Waals surface area contributed by atoms with Gasteiger partial charge in [0.05, 0.1) is 7.11 Å². The first-order valence-corrected chi connectivity index (χ1v) is 5.74. The van der Waals surface area contributed by atoms with E-state index in [4.69, 9.17) is 10.5 Å². The molecule has 2 atom stereocenters. The first kappa shape index (κ1) is 9.87. The highest BCUT2D eigenvalue weighted by atomic mass is 32.2. The summed E-state index contributed by atoms with van der Waals surface area (Å²) in [4.78, 5) is 1.31. The van der Waals surface area contributed by atoms with E-state index in [1.165, 1.54) is 10.5 Å². The standard InChI is InChI=1S/C11H15NOS/c1-3-9-11(12)8-6-7(13-2)4-5-10(8)14-9/h4-6,9,11H,3,12H2,1-2H3. The summed E-state index contributed by atoms with van der Waals surface area (Å²) in [6.07, 6.45) is 1.11. The van der Waals surface area contributed by atoms with E-state index < -0.39 is 0 Å². The zero-order chi connectivity index (χ0) is 10.1. The fraction of sp³-hybridized carbons (Fsp3) is 0.455. The minimum atomic E-state index is 0.162. The average molecular weight is 209 g/mol. The van der Waals surface area contributed by atoms with Crippen molar-refractivity contribution < 1.29 is 4.74 Å². The summed E-state index contributed by atoms with van der Waals surface area (Å²) in [6, 6.07) is 6.32. The number of rotatable bonds is 2. The van der Waals surface area contributed by atoms with Gasteiger partial charge in [-0.15, -0.1) is 11.8 Å². The summed E-state index contributed by atoms with van der Waals surface area (Å²) in [6.45, 7) is 2.18. The Morgan fingerprint density at radius 1 is 1.50 bits per heavy atom. The van der Waals surface area contributed by atoms with Crippen molar-refractivity contribution in [3.05, 3.63) is 23.8 Å². The maximum absolute atomic E-state index is 6.15. The number of hydrogen-bond acceptors (Lipinski definition) is 3. The second kappa shape index (κ2) is 3.83. The lowest BCUT2D eigenvalue weighted by molar-refractivity contribution is 0.413. The van der Waals surface area contributed by atoms with Crippen LogP contribution < -0.4 is 10.5 Å². The molecule has 1 heterocycles. The predicted octanol–water partition coefficient (Wildman–Crippen LogP) is 2.58. The van der Waals surface area contributed by atoms with E-state index in [9.17, 15) is 0 Å². The third-order valence-electron chi connectivity index (χ3n) is 2.66. The van der Waals surface area contributed by atoms with Crippen LogP contribution in [-0.4, -0.2) is 12.4 Å². The Balaban J connectivity index is 2.35. The Labute approximate surface area is 88.8 Å². The molecular formula is C11H15NOS. The third-order valence-corrected chi connectivity index (χ3v) is 4.21. The van der Waals surface area contributed by atoms with Crippen molar-refractivity contribution in [2.75, 3.05) is 7.11 Å². The molecule has 1 aromatic carbocycles. The Bertz CT molecular complexity index is 340. The van der Waals surface area contributed by atoms with Gasteiger partial charge in [-0.3, -0.25) is 0 Å². The van der Waals surface area contributed by atoms with Crippen molar-refractivity contribution in [3.8, 4) is 5.75 Å². The van der Waals surface area contributed by atoms with Gasteiger partial charge < -0.3 is 10.5 Å². The highest BCUT2D eigenvalue weighted by molar-refractivity contribution is 8.00. The summed E-state index contributed by atoms with van der Waals surface area (Å²) in [5, 5.41) is 0.525. The van der Waals surface area contributed by atoms with E-state index in [-0.39, 0.29) is 6.04 Å². The Morgan fingerprint density at radius 2 is 2.29 bits per heavy atom. The maximum atomic E-state index is 6.15. The number of thioether (sulfide) groups is 1. The number of ether oxygens (including phenoxy) is 1. The van der Waals surface area contributed by atoms with Crippen molar-refractivity contribution in [1.82, 2.24) is 0 Å². The summed E-state index contributed by atoms with van der Waals surface area (Å²) in [5.41, 5.74) is 7.39. The largest absolute Gasteiger partial charge is 0.497 e. The zero-order valence-electron chi connectivity index (χ0n) is 8.49. The molecule has 1 aliphatic rings. The van der Waals surface area contributed by atoms with E-state index in [1.54, 1.807) is 7.11 Å². The van der Waals surface area contributed by atoms with E-state index in [1.807, 2.05) is 17.8 Å². The first-order chi connectivity index (χ1) is 6.76. The molecule has 1 aromatic rings. The van der Waals surface area contributed by atoms with Crippen LogP contribution in [-0.2, 0) is 0 Å². The maximum Gasteiger partial charge on any atom is 0.119 e. The number of nitrogens with two attached hydrogens (primary N) is 1. The molecule has 14 heavy (non-hydrogen) atoms. The van der Waals surface area contributed by atoms with E-state index >= 15 is 0 Å². The monoisotopic (exact) mass is 209 g/mol. The molecule has 2 rings (SSSR count). The van der Waals surface area contributed by atoms with Crippen LogP contribution in [0.15, 0.2) is 23.1 Å². The van der Waals surface area contributed by atoms with Gasteiger partial charge in [-0.25, -0.2) is 0 Å². The molecule has 0 radical (unpaired) electrons. The zero-order valence-corrected chi connectivity index (χ0v) is 9.30. The van der Waals surface area contributed by atoms with Crippen molar-refractivity contribution in [2.24, 2.45) is 5.73 Å². The molecule has 76 valence electrons. The van der Waals surface area contributed by atoms with E-state index in [2.05, 4.69) is 19.1 Å². The normalized spacial score (nSPS) is 24.8. The number of benzene rings is 1. The van der Waals surface area contributed by atoms with Crippen LogP contribution in [0.5, 0.6) is 5.75 Å². The van der Waals surface area contributed by atoms with Crippen molar-refractivity contribution in [1.29, 1.82) is 0 Å². The van der Waals surface area contributed by atoms with Gasteiger partial charge in [-0.1, -0.05) is 6.92 Å². The number of fused-ring (bicyclic) bond motifs is 1. The first-order valence-electron chi connectivity index (χ1n) is 4.86. The molecule has 0 fully saturated rings. The summed E-state index contributed by atoms with van der Waals surface area (Å²) in [7, 11) is 1.69. The molecule has 0 saturated heterocycles. The summed E-state index contributed by atoms with van der Waals surface area (Å²) >= 11 is 1.88. The quantitative estimate of drug-likeness (QED) is 0.813. The van der Waals surface area contributed by atoms with Crippen molar-refractivity contribution in [2.45, 2.75) is 29.5 Å². The lowest BCUT2D eigenvalue weighted by Gasteiger charge is -2.11. The van der Waals surface area contributed by atoms with Gasteiger partial charge in [0, 0.05) is 16.2 Å².